The Balaban J connectivity index is 2.23. The molecule has 4 nitrogen and oxygen atoms in total. The third kappa shape index (κ3) is 2.98. The zero-order chi connectivity index (χ0) is 12.1. The molecule has 0 aliphatic carbocycles. The lowest BCUT2D eigenvalue weighted by molar-refractivity contribution is 0.318. The summed E-state index contributed by atoms with van der Waals surface area (Å²) in [6.07, 6.45) is 1.64. The van der Waals surface area contributed by atoms with Gasteiger partial charge in [0, 0.05) is 16.7 Å². The highest BCUT2D eigenvalue weighted by atomic mass is 32.2. The third-order valence-corrected chi connectivity index (χ3v) is 3.04. The number of aromatic nitrogens is 1. The number of oxime groups is 1. The topological polar surface area (TPSA) is 71.5 Å². The van der Waals surface area contributed by atoms with Crippen molar-refractivity contribution in [1.82, 2.24) is 4.98 Å². The van der Waals surface area contributed by atoms with Crippen LogP contribution >= 0.6 is 11.8 Å². The number of rotatable bonds is 3. The van der Waals surface area contributed by atoms with Crippen LogP contribution < -0.4 is 5.73 Å². The number of benzene rings is 1. The van der Waals surface area contributed by atoms with E-state index in [0.29, 0.717) is 5.56 Å². The molecule has 0 saturated carbocycles. The highest BCUT2D eigenvalue weighted by Gasteiger charge is 2.03. The average Bonchev–Trinajstić information content (AvgIpc) is 2.39. The maximum absolute atomic E-state index is 8.60. The van der Waals surface area contributed by atoms with Crippen LogP contribution in [0, 0.1) is 0 Å². The molecule has 0 atom stereocenters. The lowest BCUT2D eigenvalue weighted by atomic mass is 10.2. The molecule has 0 aliphatic heterocycles. The number of pyridine rings is 1. The first-order valence-corrected chi connectivity index (χ1v) is 5.78. The SMILES string of the molecule is N/C(=N\O)c1ccnc(Sc2ccccc2)c1. The van der Waals surface area contributed by atoms with Crippen molar-refractivity contribution in [3.63, 3.8) is 0 Å². The van der Waals surface area contributed by atoms with Crippen LogP contribution in [-0.4, -0.2) is 16.0 Å². The van der Waals surface area contributed by atoms with Crippen molar-refractivity contribution in [3.8, 4) is 0 Å². The molecule has 1 aromatic carbocycles. The molecule has 17 heavy (non-hydrogen) atoms. The average molecular weight is 245 g/mol. The van der Waals surface area contributed by atoms with Gasteiger partial charge in [-0.3, -0.25) is 0 Å². The minimum atomic E-state index is 0.0855. The van der Waals surface area contributed by atoms with Crippen molar-refractivity contribution < 1.29 is 5.21 Å². The highest BCUT2D eigenvalue weighted by molar-refractivity contribution is 7.99. The summed E-state index contributed by atoms with van der Waals surface area (Å²) >= 11 is 1.53. The van der Waals surface area contributed by atoms with Gasteiger partial charge in [0.2, 0.25) is 0 Å². The molecule has 0 amide bonds. The summed E-state index contributed by atoms with van der Waals surface area (Å²) < 4.78 is 0. The van der Waals surface area contributed by atoms with E-state index in [0.717, 1.165) is 9.92 Å². The smallest absolute Gasteiger partial charge is 0.170 e. The molecule has 0 fully saturated rings. The van der Waals surface area contributed by atoms with Gasteiger partial charge in [-0.1, -0.05) is 35.1 Å². The van der Waals surface area contributed by atoms with E-state index in [1.54, 1.807) is 18.3 Å². The standard InChI is InChI=1S/C12H11N3OS/c13-12(15-16)9-6-7-14-11(8-9)17-10-4-2-1-3-5-10/h1-8,16H,(H2,13,15). The van der Waals surface area contributed by atoms with Crippen molar-refractivity contribution in [2.75, 3.05) is 0 Å². The summed E-state index contributed by atoms with van der Waals surface area (Å²) in [5, 5.41) is 12.4. The summed E-state index contributed by atoms with van der Waals surface area (Å²) in [5.74, 6) is 0.0855. The van der Waals surface area contributed by atoms with E-state index >= 15 is 0 Å². The number of nitrogens with zero attached hydrogens (tertiary/aromatic N) is 2. The first-order chi connectivity index (χ1) is 8.29. The van der Waals surface area contributed by atoms with Crippen LogP contribution in [0.1, 0.15) is 5.56 Å². The van der Waals surface area contributed by atoms with Gasteiger partial charge in [0.05, 0.1) is 0 Å². The van der Waals surface area contributed by atoms with Crippen LogP contribution in [0.25, 0.3) is 0 Å². The maximum Gasteiger partial charge on any atom is 0.170 e. The molecule has 0 aliphatic rings. The van der Waals surface area contributed by atoms with Gasteiger partial charge in [0.25, 0.3) is 0 Å². The summed E-state index contributed by atoms with van der Waals surface area (Å²) in [6, 6.07) is 13.4. The fourth-order valence-corrected chi connectivity index (χ4v) is 2.13. The van der Waals surface area contributed by atoms with Crippen LogP contribution in [0.2, 0.25) is 0 Å². The normalized spacial score (nSPS) is 11.4. The van der Waals surface area contributed by atoms with Crippen molar-refractivity contribution >= 4 is 17.6 Å². The van der Waals surface area contributed by atoms with E-state index in [9.17, 15) is 0 Å². The van der Waals surface area contributed by atoms with Crippen LogP contribution in [0.3, 0.4) is 0 Å². The highest BCUT2D eigenvalue weighted by Crippen LogP contribution is 2.25. The molecule has 3 N–H and O–H groups in total. The maximum atomic E-state index is 8.60. The Hall–Kier alpha value is -2.01. The fraction of sp³-hybridized carbons (Fsp3) is 0. The summed E-state index contributed by atoms with van der Waals surface area (Å²) in [6.45, 7) is 0. The molecule has 2 aromatic rings. The summed E-state index contributed by atoms with van der Waals surface area (Å²) in [5.41, 5.74) is 6.17. The van der Waals surface area contributed by atoms with E-state index in [4.69, 9.17) is 10.9 Å². The second kappa shape index (κ2) is 5.36. The first kappa shape index (κ1) is 11.5. The monoisotopic (exact) mass is 245 g/mol. The van der Waals surface area contributed by atoms with Gasteiger partial charge in [-0.25, -0.2) is 4.98 Å². The van der Waals surface area contributed by atoms with Gasteiger partial charge in [-0.2, -0.15) is 0 Å². The summed E-state index contributed by atoms with van der Waals surface area (Å²) in [4.78, 5) is 5.32. The molecule has 0 radical (unpaired) electrons. The Bertz CT molecular complexity index is 528. The largest absolute Gasteiger partial charge is 0.409 e. The molecule has 1 aromatic heterocycles. The van der Waals surface area contributed by atoms with Crippen LogP contribution in [-0.2, 0) is 0 Å². The van der Waals surface area contributed by atoms with Crippen LogP contribution in [0.15, 0.2) is 63.7 Å². The minimum Gasteiger partial charge on any atom is -0.409 e. The molecule has 1 heterocycles. The molecule has 86 valence electrons. The predicted molar refractivity (Wildman–Crippen MR) is 67.3 cm³/mol. The van der Waals surface area contributed by atoms with Crippen LogP contribution in [0.4, 0.5) is 0 Å². The van der Waals surface area contributed by atoms with Crippen LogP contribution in [0.5, 0.6) is 0 Å². The van der Waals surface area contributed by atoms with Gasteiger partial charge in [0.1, 0.15) is 5.03 Å². The summed E-state index contributed by atoms with van der Waals surface area (Å²) in [7, 11) is 0. The molecule has 0 bridgehead atoms. The Labute approximate surface area is 103 Å². The van der Waals surface area contributed by atoms with E-state index in [1.165, 1.54) is 11.8 Å². The number of hydrogen-bond acceptors (Lipinski definition) is 4. The van der Waals surface area contributed by atoms with E-state index < -0.39 is 0 Å². The number of nitrogens with two attached hydrogens (primary N) is 1. The number of hydrogen-bond donors (Lipinski definition) is 2. The van der Waals surface area contributed by atoms with Gasteiger partial charge in [-0.15, -0.1) is 0 Å². The van der Waals surface area contributed by atoms with E-state index in [1.807, 2.05) is 30.3 Å². The van der Waals surface area contributed by atoms with E-state index in [-0.39, 0.29) is 5.84 Å². The van der Waals surface area contributed by atoms with Gasteiger partial charge < -0.3 is 10.9 Å². The second-order valence-corrected chi connectivity index (χ2v) is 4.38. The molecule has 0 unspecified atom stereocenters. The Morgan fingerprint density at radius 3 is 2.71 bits per heavy atom. The van der Waals surface area contributed by atoms with Gasteiger partial charge >= 0.3 is 0 Å². The van der Waals surface area contributed by atoms with Crippen molar-refractivity contribution in [3.05, 3.63) is 54.2 Å². The first-order valence-electron chi connectivity index (χ1n) is 4.96. The minimum absolute atomic E-state index is 0.0855. The Morgan fingerprint density at radius 1 is 1.24 bits per heavy atom. The molecular formula is C12H11N3OS. The van der Waals surface area contributed by atoms with Crippen molar-refractivity contribution in [2.24, 2.45) is 10.9 Å². The van der Waals surface area contributed by atoms with Gasteiger partial charge in [0.15, 0.2) is 5.84 Å². The third-order valence-electron chi connectivity index (χ3n) is 2.10. The van der Waals surface area contributed by atoms with Gasteiger partial charge in [-0.05, 0) is 24.3 Å². The Morgan fingerprint density at radius 2 is 2.00 bits per heavy atom. The van der Waals surface area contributed by atoms with Crippen molar-refractivity contribution in [2.45, 2.75) is 9.92 Å². The molecule has 0 spiro atoms. The molecule has 0 saturated heterocycles. The second-order valence-electron chi connectivity index (χ2n) is 3.28. The molecule has 2 rings (SSSR count). The van der Waals surface area contributed by atoms with Crippen molar-refractivity contribution in [1.29, 1.82) is 0 Å². The quantitative estimate of drug-likeness (QED) is 0.377. The zero-order valence-electron chi connectivity index (χ0n) is 8.95. The fourth-order valence-electron chi connectivity index (χ4n) is 1.29. The lowest BCUT2D eigenvalue weighted by Crippen LogP contribution is -2.13. The molecule has 5 heteroatoms. The zero-order valence-corrected chi connectivity index (χ0v) is 9.76. The predicted octanol–water partition coefficient (Wildman–Crippen LogP) is 2.33. The van der Waals surface area contributed by atoms with E-state index in [2.05, 4.69) is 10.1 Å². The molecular weight excluding hydrogens is 234 g/mol. The Kier molecular flexibility index (Phi) is 3.62. The number of amidine groups is 1. The lowest BCUT2D eigenvalue weighted by Gasteiger charge is -2.02.